The van der Waals surface area contributed by atoms with Crippen molar-refractivity contribution in [2.24, 2.45) is 0 Å². The van der Waals surface area contributed by atoms with Crippen molar-refractivity contribution in [3.63, 3.8) is 0 Å². The van der Waals surface area contributed by atoms with E-state index in [0.717, 1.165) is 18.3 Å². The van der Waals surface area contributed by atoms with E-state index in [4.69, 9.17) is 5.11 Å². The topological polar surface area (TPSA) is 75.4 Å². The first kappa shape index (κ1) is 18.5. The minimum Gasteiger partial charge on any atom is -0.478 e. The number of hydrogen-bond acceptors (Lipinski definition) is 4. The molecule has 0 aliphatic rings. The number of nitrogens with zero attached hydrogens (tertiary/aromatic N) is 3. The van der Waals surface area contributed by atoms with Crippen LogP contribution in [-0.4, -0.2) is 40.7 Å². The quantitative estimate of drug-likeness (QED) is 0.806. The Balaban J connectivity index is 2.16. The fourth-order valence-electron chi connectivity index (χ4n) is 2.49. The Bertz CT molecular complexity index is 769. The smallest absolute Gasteiger partial charge is 0.416 e. The largest absolute Gasteiger partial charge is 0.478 e. The van der Waals surface area contributed by atoms with Gasteiger partial charge in [0.15, 0.2) is 6.29 Å². The van der Waals surface area contributed by atoms with Crippen LogP contribution in [0.4, 0.5) is 18.9 Å². The summed E-state index contributed by atoms with van der Waals surface area (Å²) < 4.78 is 39.1. The number of carbonyl (C=O) groups excluding carboxylic acids is 1. The molecule has 2 aromatic rings. The molecule has 0 radical (unpaired) electrons. The second-order valence-corrected chi connectivity index (χ2v) is 5.59. The second kappa shape index (κ2) is 6.96. The highest BCUT2D eigenvalue weighted by molar-refractivity contribution is 5.95. The number of carbonyl (C=O) groups is 2. The number of anilines is 1. The molecule has 0 bridgehead atoms. The van der Waals surface area contributed by atoms with E-state index in [0.29, 0.717) is 18.5 Å². The molecule has 0 fully saturated rings. The molecule has 9 heteroatoms. The van der Waals surface area contributed by atoms with Crippen LogP contribution >= 0.6 is 0 Å². The molecule has 25 heavy (non-hydrogen) atoms. The van der Waals surface area contributed by atoms with Gasteiger partial charge >= 0.3 is 12.1 Å². The van der Waals surface area contributed by atoms with Gasteiger partial charge in [-0.2, -0.15) is 18.3 Å². The normalized spacial score (nSPS) is 12.7. The van der Waals surface area contributed by atoms with E-state index >= 15 is 0 Å². The summed E-state index contributed by atoms with van der Waals surface area (Å²) >= 11 is 0. The van der Waals surface area contributed by atoms with Crippen LogP contribution in [0.2, 0.25) is 0 Å². The van der Waals surface area contributed by atoms with E-state index in [1.54, 1.807) is 18.9 Å². The Labute approximate surface area is 141 Å². The van der Waals surface area contributed by atoms with Gasteiger partial charge in [0.25, 0.3) is 0 Å². The number of hydrogen-bond donors (Lipinski definition) is 1. The monoisotopic (exact) mass is 355 g/mol. The van der Waals surface area contributed by atoms with E-state index in [2.05, 4.69) is 5.10 Å². The molecule has 134 valence electrons. The first-order chi connectivity index (χ1) is 11.6. The number of rotatable bonds is 6. The van der Waals surface area contributed by atoms with E-state index in [1.807, 2.05) is 0 Å². The standard InChI is InChI=1S/C16H16F3N3O3/c1-10(22-14(9-23)13(7-20-22)15(24)25)8-21(2)12-5-3-11(4-6-12)16(17,18)19/h3-7,9-10H,8H2,1-2H3,(H,24,25). The zero-order valence-electron chi connectivity index (χ0n) is 13.5. The third-order valence-electron chi connectivity index (χ3n) is 3.77. The Kier molecular flexibility index (Phi) is 5.15. The average molecular weight is 355 g/mol. The minimum atomic E-state index is -4.40. The van der Waals surface area contributed by atoms with Crippen LogP contribution in [0.15, 0.2) is 30.5 Å². The molecule has 1 aromatic carbocycles. The number of likely N-dealkylation sites (N-methyl/N-ethyl adjacent to an activating group) is 1. The molecule has 0 spiro atoms. The number of aromatic nitrogens is 2. The van der Waals surface area contributed by atoms with Crippen molar-refractivity contribution in [3.8, 4) is 0 Å². The first-order valence-corrected chi connectivity index (χ1v) is 7.29. The highest BCUT2D eigenvalue weighted by atomic mass is 19.4. The molecule has 1 unspecified atom stereocenters. The number of aromatic carboxylic acids is 1. The molecule has 0 saturated heterocycles. The lowest BCUT2D eigenvalue weighted by Gasteiger charge is -2.24. The van der Waals surface area contributed by atoms with Crippen molar-refractivity contribution in [1.29, 1.82) is 0 Å². The Hall–Kier alpha value is -2.84. The molecule has 0 aliphatic heterocycles. The lowest BCUT2D eigenvalue weighted by atomic mass is 10.2. The maximum atomic E-state index is 12.6. The predicted molar refractivity (Wildman–Crippen MR) is 84.0 cm³/mol. The number of benzene rings is 1. The summed E-state index contributed by atoms with van der Waals surface area (Å²) in [6.45, 7) is 2.04. The number of alkyl halides is 3. The van der Waals surface area contributed by atoms with Crippen LogP contribution in [0.3, 0.4) is 0 Å². The van der Waals surface area contributed by atoms with Crippen LogP contribution in [-0.2, 0) is 6.18 Å². The first-order valence-electron chi connectivity index (χ1n) is 7.29. The fourth-order valence-corrected chi connectivity index (χ4v) is 2.49. The third kappa shape index (κ3) is 3.98. The van der Waals surface area contributed by atoms with E-state index in [9.17, 15) is 22.8 Å². The summed E-state index contributed by atoms with van der Waals surface area (Å²) in [6, 6.07) is 4.30. The van der Waals surface area contributed by atoms with Gasteiger partial charge in [-0.3, -0.25) is 9.48 Å². The van der Waals surface area contributed by atoms with Gasteiger partial charge in [-0.15, -0.1) is 0 Å². The van der Waals surface area contributed by atoms with E-state index in [-0.39, 0.29) is 17.3 Å². The summed E-state index contributed by atoms with van der Waals surface area (Å²) in [5.74, 6) is -1.25. The molecular weight excluding hydrogens is 339 g/mol. The van der Waals surface area contributed by atoms with Crippen LogP contribution in [0.25, 0.3) is 0 Å². The highest BCUT2D eigenvalue weighted by Gasteiger charge is 2.30. The van der Waals surface area contributed by atoms with Crippen LogP contribution < -0.4 is 4.90 Å². The van der Waals surface area contributed by atoms with Crippen molar-refractivity contribution < 1.29 is 27.9 Å². The van der Waals surface area contributed by atoms with Crippen LogP contribution in [0.1, 0.15) is 39.4 Å². The molecule has 1 N–H and O–H groups in total. The molecule has 1 heterocycles. The number of carboxylic acid groups (broad SMARTS) is 1. The number of carboxylic acids is 1. The summed E-state index contributed by atoms with van der Waals surface area (Å²) in [5.41, 5.74) is -0.433. The zero-order valence-corrected chi connectivity index (χ0v) is 13.5. The van der Waals surface area contributed by atoms with Gasteiger partial charge in [0.2, 0.25) is 0 Å². The maximum absolute atomic E-state index is 12.6. The summed E-state index contributed by atoms with van der Waals surface area (Å²) in [4.78, 5) is 23.9. The SMILES string of the molecule is CC(CN(C)c1ccc(C(F)(F)F)cc1)n1ncc(C(=O)O)c1C=O. The van der Waals surface area contributed by atoms with Crippen molar-refractivity contribution in [1.82, 2.24) is 9.78 Å². The summed E-state index contributed by atoms with van der Waals surface area (Å²) in [6.07, 6.45) is -2.88. The van der Waals surface area contributed by atoms with Gasteiger partial charge in [-0.05, 0) is 31.2 Å². The van der Waals surface area contributed by atoms with Gasteiger partial charge in [-0.25, -0.2) is 4.79 Å². The van der Waals surface area contributed by atoms with Crippen LogP contribution in [0.5, 0.6) is 0 Å². The average Bonchev–Trinajstić information content (AvgIpc) is 2.98. The fraction of sp³-hybridized carbons (Fsp3) is 0.312. The van der Waals surface area contributed by atoms with Gasteiger partial charge in [0.1, 0.15) is 11.3 Å². The molecule has 1 aromatic heterocycles. The molecule has 0 amide bonds. The van der Waals surface area contributed by atoms with Crippen molar-refractivity contribution >= 4 is 17.9 Å². The number of halogens is 3. The lowest BCUT2D eigenvalue weighted by molar-refractivity contribution is -0.137. The molecule has 1 atom stereocenters. The lowest BCUT2D eigenvalue weighted by Crippen LogP contribution is -2.27. The molecule has 6 nitrogen and oxygen atoms in total. The van der Waals surface area contributed by atoms with Crippen molar-refractivity contribution in [2.45, 2.75) is 19.1 Å². The van der Waals surface area contributed by atoms with E-state index < -0.39 is 17.7 Å². The third-order valence-corrected chi connectivity index (χ3v) is 3.77. The Morgan fingerprint density at radius 3 is 2.44 bits per heavy atom. The highest BCUT2D eigenvalue weighted by Crippen LogP contribution is 2.30. The second-order valence-electron chi connectivity index (χ2n) is 5.59. The Morgan fingerprint density at radius 1 is 1.36 bits per heavy atom. The van der Waals surface area contributed by atoms with Crippen LogP contribution in [0, 0.1) is 0 Å². The summed E-state index contributed by atoms with van der Waals surface area (Å²) in [7, 11) is 1.68. The van der Waals surface area contributed by atoms with E-state index in [1.165, 1.54) is 16.8 Å². The Morgan fingerprint density at radius 2 is 1.96 bits per heavy atom. The van der Waals surface area contributed by atoms with Gasteiger partial charge in [0.05, 0.1) is 17.8 Å². The molecule has 0 aliphatic carbocycles. The number of aldehydes is 1. The van der Waals surface area contributed by atoms with Gasteiger partial charge in [-0.1, -0.05) is 0 Å². The van der Waals surface area contributed by atoms with Crippen molar-refractivity contribution in [2.75, 3.05) is 18.5 Å². The summed E-state index contributed by atoms with van der Waals surface area (Å²) in [5, 5.41) is 13.0. The molecule has 2 rings (SSSR count). The van der Waals surface area contributed by atoms with Gasteiger partial charge in [0, 0.05) is 19.3 Å². The molecular formula is C16H16F3N3O3. The van der Waals surface area contributed by atoms with Gasteiger partial charge < -0.3 is 10.0 Å². The maximum Gasteiger partial charge on any atom is 0.416 e. The predicted octanol–water partition coefficient (Wildman–Crippen LogP) is 3.11. The molecule has 0 saturated carbocycles. The zero-order chi connectivity index (χ0) is 18.8. The van der Waals surface area contributed by atoms with Crippen molar-refractivity contribution in [3.05, 3.63) is 47.3 Å². The minimum absolute atomic E-state index is 0.0548.